The van der Waals surface area contributed by atoms with Crippen molar-refractivity contribution in [2.24, 2.45) is 0 Å². The average Bonchev–Trinajstić information content (AvgIpc) is 3.32. The van der Waals surface area contributed by atoms with E-state index in [9.17, 15) is 18.0 Å². The molecule has 2 N–H and O–H groups in total. The van der Waals surface area contributed by atoms with Gasteiger partial charge in [-0.1, -0.05) is 6.07 Å². The van der Waals surface area contributed by atoms with E-state index < -0.39 is 17.8 Å². The third kappa shape index (κ3) is 5.40. The van der Waals surface area contributed by atoms with Crippen LogP contribution in [0.4, 0.5) is 18.9 Å². The Bertz CT molecular complexity index is 1580. The number of hydrogen-bond donors (Lipinski definition) is 2. The van der Waals surface area contributed by atoms with Gasteiger partial charge >= 0.3 is 6.18 Å². The minimum atomic E-state index is -4.59. The topological polar surface area (TPSA) is 106 Å². The molecule has 11 heteroatoms. The molecular weight excluding hydrogens is 485 g/mol. The number of methoxy groups -OCH3 is 1. The summed E-state index contributed by atoms with van der Waals surface area (Å²) in [6, 6.07) is 13.2. The van der Waals surface area contributed by atoms with Gasteiger partial charge in [0.2, 0.25) is 11.8 Å². The van der Waals surface area contributed by atoms with Gasteiger partial charge in [-0.05, 0) is 36.4 Å². The van der Waals surface area contributed by atoms with Crippen LogP contribution in [0.5, 0.6) is 5.88 Å². The summed E-state index contributed by atoms with van der Waals surface area (Å²) in [7, 11) is 1.56. The van der Waals surface area contributed by atoms with Crippen molar-refractivity contribution in [3.63, 3.8) is 0 Å². The lowest BCUT2D eigenvalue weighted by molar-refractivity contribution is -0.141. The number of ether oxygens (including phenoxy) is 1. The number of carbonyl (C=O) groups is 1. The first-order valence-electron chi connectivity index (χ1n) is 11.1. The largest absolute Gasteiger partial charge is 0.481 e. The second-order valence-electron chi connectivity index (χ2n) is 8.12. The Balaban J connectivity index is 1.29. The molecule has 5 aromatic heterocycles. The number of rotatable bonds is 6. The first-order chi connectivity index (χ1) is 17.8. The lowest BCUT2D eigenvalue weighted by Crippen LogP contribution is -2.16. The Kier molecular flexibility index (Phi) is 6.26. The standard InChI is InChI=1S/C26H19F3N6O2/c1-37-24-10-15(4-6-31-24)21-9-17-8-18(14-33-25(17)35-21)16-2-3-19(32-13-16)12-23(36)34-20-5-7-30-22(11-20)26(27,28)29/h2-11,13-14H,12H2,1H3,(H,33,35)(H,30,34,36). The summed E-state index contributed by atoms with van der Waals surface area (Å²) in [4.78, 5) is 31.9. The minimum Gasteiger partial charge on any atom is -0.481 e. The quantitative estimate of drug-likeness (QED) is 0.326. The number of aromatic nitrogens is 5. The zero-order chi connectivity index (χ0) is 26.0. The predicted molar refractivity (Wildman–Crippen MR) is 131 cm³/mol. The number of halogens is 3. The molecule has 0 atom stereocenters. The van der Waals surface area contributed by atoms with E-state index in [1.54, 1.807) is 31.8 Å². The van der Waals surface area contributed by atoms with Crippen molar-refractivity contribution in [1.82, 2.24) is 24.9 Å². The molecule has 0 fully saturated rings. The van der Waals surface area contributed by atoms with Crippen LogP contribution in [0.2, 0.25) is 0 Å². The van der Waals surface area contributed by atoms with Gasteiger partial charge in [0.1, 0.15) is 11.3 Å². The summed E-state index contributed by atoms with van der Waals surface area (Å²) >= 11 is 0. The molecule has 0 spiro atoms. The molecule has 186 valence electrons. The monoisotopic (exact) mass is 504 g/mol. The Hall–Kier alpha value is -4.80. The number of carbonyl (C=O) groups excluding carboxylic acids is 1. The molecule has 0 radical (unpaired) electrons. The van der Waals surface area contributed by atoms with Gasteiger partial charge in [0.15, 0.2) is 0 Å². The van der Waals surface area contributed by atoms with E-state index in [1.807, 2.05) is 30.3 Å². The third-order valence-corrected chi connectivity index (χ3v) is 5.56. The molecule has 1 amide bonds. The highest BCUT2D eigenvalue weighted by Gasteiger charge is 2.32. The molecule has 5 heterocycles. The zero-order valence-electron chi connectivity index (χ0n) is 19.4. The molecule has 0 bridgehead atoms. The van der Waals surface area contributed by atoms with Gasteiger partial charge in [0.05, 0.1) is 13.5 Å². The fraction of sp³-hybridized carbons (Fsp3) is 0.115. The van der Waals surface area contributed by atoms with Crippen LogP contribution in [0.15, 0.2) is 73.3 Å². The van der Waals surface area contributed by atoms with Gasteiger partial charge in [-0.15, -0.1) is 0 Å². The van der Waals surface area contributed by atoms with Gasteiger partial charge in [-0.3, -0.25) is 14.8 Å². The molecule has 5 aromatic rings. The molecule has 0 unspecified atom stereocenters. The SMILES string of the molecule is COc1cc(-c2cc3cc(-c4ccc(CC(=O)Nc5ccnc(C(F)(F)F)c5)nc4)cnc3[nH]2)ccn1. The normalized spacial score (nSPS) is 11.5. The molecule has 0 saturated heterocycles. The molecule has 0 aliphatic heterocycles. The molecular formula is C26H19F3N6O2. The highest BCUT2D eigenvalue weighted by molar-refractivity contribution is 5.92. The minimum absolute atomic E-state index is 0.0133. The van der Waals surface area contributed by atoms with Crippen LogP contribution >= 0.6 is 0 Å². The van der Waals surface area contributed by atoms with E-state index in [-0.39, 0.29) is 12.1 Å². The number of anilines is 1. The first kappa shape index (κ1) is 23.9. The van der Waals surface area contributed by atoms with Crippen LogP contribution < -0.4 is 10.1 Å². The zero-order valence-corrected chi connectivity index (χ0v) is 19.4. The lowest BCUT2D eigenvalue weighted by Gasteiger charge is -2.09. The Morgan fingerprint density at radius 3 is 2.49 bits per heavy atom. The number of fused-ring (bicyclic) bond motifs is 1. The predicted octanol–water partition coefficient (Wildman–Crippen LogP) is 5.29. The van der Waals surface area contributed by atoms with Crippen LogP contribution in [-0.4, -0.2) is 37.9 Å². The molecule has 0 aliphatic rings. The second kappa shape index (κ2) is 9.69. The lowest BCUT2D eigenvalue weighted by atomic mass is 10.1. The van der Waals surface area contributed by atoms with E-state index in [2.05, 4.69) is 30.2 Å². The van der Waals surface area contributed by atoms with Crippen molar-refractivity contribution in [1.29, 1.82) is 0 Å². The summed E-state index contributed by atoms with van der Waals surface area (Å²) < 4.78 is 43.7. The molecule has 37 heavy (non-hydrogen) atoms. The van der Waals surface area contributed by atoms with Crippen LogP contribution in [0.3, 0.4) is 0 Å². The highest BCUT2D eigenvalue weighted by atomic mass is 19.4. The number of H-pyrrole nitrogens is 1. The van der Waals surface area contributed by atoms with Crippen molar-refractivity contribution in [3.8, 4) is 28.3 Å². The van der Waals surface area contributed by atoms with E-state index >= 15 is 0 Å². The number of pyridine rings is 4. The third-order valence-electron chi connectivity index (χ3n) is 5.56. The summed E-state index contributed by atoms with van der Waals surface area (Å²) in [5.74, 6) is 0.0201. The van der Waals surface area contributed by atoms with Crippen molar-refractivity contribution >= 4 is 22.6 Å². The van der Waals surface area contributed by atoms with Crippen molar-refractivity contribution in [2.75, 3.05) is 12.4 Å². The summed E-state index contributed by atoms with van der Waals surface area (Å²) in [5, 5.41) is 3.35. The van der Waals surface area contributed by atoms with Gasteiger partial charge in [0.25, 0.3) is 0 Å². The highest BCUT2D eigenvalue weighted by Crippen LogP contribution is 2.29. The molecule has 5 rings (SSSR count). The van der Waals surface area contributed by atoms with Crippen LogP contribution in [-0.2, 0) is 17.4 Å². The van der Waals surface area contributed by atoms with Gasteiger partial charge in [-0.2, -0.15) is 13.2 Å². The number of nitrogens with zero attached hydrogens (tertiary/aromatic N) is 4. The second-order valence-corrected chi connectivity index (χ2v) is 8.12. The Labute approximate surface area is 208 Å². The van der Waals surface area contributed by atoms with E-state index in [4.69, 9.17) is 4.74 Å². The molecule has 8 nitrogen and oxygen atoms in total. The van der Waals surface area contributed by atoms with Gasteiger partial charge < -0.3 is 15.0 Å². The average molecular weight is 504 g/mol. The van der Waals surface area contributed by atoms with Crippen molar-refractivity contribution in [2.45, 2.75) is 12.6 Å². The number of amides is 1. The van der Waals surface area contributed by atoms with E-state index in [0.29, 0.717) is 11.6 Å². The molecule has 0 aliphatic carbocycles. The number of aromatic amines is 1. The number of nitrogens with one attached hydrogen (secondary N) is 2. The maximum atomic E-state index is 12.8. The van der Waals surface area contributed by atoms with Gasteiger partial charge in [-0.25, -0.2) is 9.97 Å². The maximum Gasteiger partial charge on any atom is 0.433 e. The van der Waals surface area contributed by atoms with Crippen molar-refractivity contribution in [3.05, 3.63) is 84.7 Å². The van der Waals surface area contributed by atoms with Crippen LogP contribution in [0.25, 0.3) is 33.4 Å². The van der Waals surface area contributed by atoms with E-state index in [1.165, 1.54) is 6.07 Å². The van der Waals surface area contributed by atoms with Crippen LogP contribution in [0, 0.1) is 0 Å². The maximum absolute atomic E-state index is 12.8. The smallest absolute Gasteiger partial charge is 0.433 e. The Morgan fingerprint density at radius 2 is 1.73 bits per heavy atom. The number of alkyl halides is 3. The molecule has 0 aromatic carbocycles. The first-order valence-corrected chi connectivity index (χ1v) is 11.1. The fourth-order valence-corrected chi connectivity index (χ4v) is 3.75. The fourth-order valence-electron chi connectivity index (χ4n) is 3.75. The summed E-state index contributed by atoms with van der Waals surface area (Å²) in [5.41, 5.74) is 3.55. The number of hydrogen-bond acceptors (Lipinski definition) is 6. The van der Waals surface area contributed by atoms with Gasteiger partial charge in [0, 0.05) is 70.0 Å². The van der Waals surface area contributed by atoms with Crippen LogP contribution in [0.1, 0.15) is 11.4 Å². The summed E-state index contributed by atoms with van der Waals surface area (Å²) in [6.07, 6.45) is 1.32. The Morgan fingerprint density at radius 1 is 0.919 bits per heavy atom. The summed E-state index contributed by atoms with van der Waals surface area (Å²) in [6.45, 7) is 0. The van der Waals surface area contributed by atoms with Crippen molar-refractivity contribution < 1.29 is 22.7 Å². The van der Waals surface area contributed by atoms with E-state index in [0.717, 1.165) is 45.7 Å². The molecule has 0 saturated carbocycles.